The largest absolute Gasteiger partial charge is 0.492 e. The Bertz CT molecular complexity index is 855. The van der Waals surface area contributed by atoms with Crippen LogP contribution in [0, 0.1) is 13.8 Å². The number of nitrogens with zero attached hydrogens (tertiary/aromatic N) is 2. The van der Waals surface area contributed by atoms with Gasteiger partial charge in [-0.3, -0.25) is 0 Å². The highest BCUT2D eigenvalue weighted by Gasteiger charge is 2.12. The molecule has 1 aromatic heterocycles. The first-order valence-electron chi connectivity index (χ1n) is 8.63. The minimum absolute atomic E-state index is 0.579. The van der Waals surface area contributed by atoms with Gasteiger partial charge in [-0.25, -0.2) is 4.98 Å². The maximum absolute atomic E-state index is 5.91. The lowest BCUT2D eigenvalue weighted by molar-refractivity contribution is 0.298. The van der Waals surface area contributed by atoms with Gasteiger partial charge in [0, 0.05) is 11.4 Å². The summed E-state index contributed by atoms with van der Waals surface area (Å²) in [6.45, 7) is 6.26. The number of aryl methyl sites for hydroxylation is 3. The Hall–Kier alpha value is -2.04. The fourth-order valence-corrected chi connectivity index (χ4v) is 3.04. The van der Waals surface area contributed by atoms with E-state index >= 15 is 0 Å². The van der Waals surface area contributed by atoms with Crippen molar-refractivity contribution in [1.29, 1.82) is 0 Å². The molecule has 5 heteroatoms. The molecule has 3 aromatic rings. The molecule has 0 unspecified atom stereocenters. The first-order chi connectivity index (χ1) is 12.1. The third-order valence-corrected chi connectivity index (χ3v) is 4.70. The molecule has 0 saturated heterocycles. The second-order valence-corrected chi connectivity index (χ2v) is 6.74. The van der Waals surface area contributed by atoms with Gasteiger partial charge >= 0.3 is 0 Å². The molecule has 0 aliphatic carbocycles. The van der Waals surface area contributed by atoms with Gasteiger partial charge in [0.2, 0.25) is 0 Å². The van der Waals surface area contributed by atoms with Gasteiger partial charge in [-0.2, -0.15) is 0 Å². The van der Waals surface area contributed by atoms with Crippen LogP contribution < -0.4 is 10.5 Å². The monoisotopic (exact) mass is 357 g/mol. The molecule has 0 spiro atoms. The Balaban J connectivity index is 1.82. The molecule has 0 amide bonds. The molecular weight excluding hydrogens is 334 g/mol. The van der Waals surface area contributed by atoms with Crippen molar-refractivity contribution in [2.45, 2.75) is 33.2 Å². The number of hydrogen-bond acceptors (Lipinski definition) is 3. The van der Waals surface area contributed by atoms with E-state index in [1.165, 1.54) is 11.1 Å². The molecule has 25 heavy (non-hydrogen) atoms. The number of halogens is 1. The van der Waals surface area contributed by atoms with E-state index in [9.17, 15) is 0 Å². The first-order valence-corrected chi connectivity index (χ1v) is 9.01. The normalized spacial score (nSPS) is 11.2. The van der Waals surface area contributed by atoms with Crippen molar-refractivity contribution in [3.05, 3.63) is 58.4 Å². The number of hydrogen-bond donors (Lipinski definition) is 1. The summed E-state index contributed by atoms with van der Waals surface area (Å²) in [5.41, 5.74) is 10.4. The Morgan fingerprint density at radius 2 is 1.84 bits per heavy atom. The fraction of sp³-hybridized carbons (Fsp3) is 0.350. The van der Waals surface area contributed by atoms with Crippen molar-refractivity contribution in [3.63, 3.8) is 0 Å². The summed E-state index contributed by atoms with van der Waals surface area (Å²) < 4.78 is 8.12. The summed E-state index contributed by atoms with van der Waals surface area (Å²) in [5.74, 6) is 1.90. The number of ether oxygens (including phenoxy) is 1. The molecule has 2 aromatic carbocycles. The lowest BCUT2D eigenvalue weighted by Crippen LogP contribution is -2.12. The standard InChI is InChI=1S/C20H24ClN3O/c1-14-12-18-19(13-15(14)2)24(20(23-18)4-3-9-22)10-11-25-17-7-5-16(21)6-8-17/h5-8,12-13H,3-4,9-11,22H2,1-2H3. The molecule has 1 heterocycles. The highest BCUT2D eigenvalue weighted by molar-refractivity contribution is 6.30. The number of aromatic nitrogens is 2. The average Bonchev–Trinajstić information content (AvgIpc) is 2.92. The summed E-state index contributed by atoms with van der Waals surface area (Å²) in [6, 6.07) is 11.8. The SMILES string of the molecule is Cc1cc2nc(CCCN)n(CCOc3ccc(Cl)cc3)c2cc1C. The van der Waals surface area contributed by atoms with Crippen LogP contribution in [0.25, 0.3) is 11.0 Å². The topological polar surface area (TPSA) is 53.1 Å². The van der Waals surface area contributed by atoms with Crippen LogP contribution in [0.4, 0.5) is 0 Å². The average molecular weight is 358 g/mol. The molecule has 4 nitrogen and oxygen atoms in total. The number of benzene rings is 2. The lowest BCUT2D eigenvalue weighted by Gasteiger charge is -2.11. The van der Waals surface area contributed by atoms with Crippen molar-refractivity contribution in [2.24, 2.45) is 5.73 Å². The first kappa shape index (κ1) is 17.8. The molecule has 0 saturated carbocycles. The van der Waals surface area contributed by atoms with Gasteiger partial charge in [-0.05, 0) is 74.3 Å². The van der Waals surface area contributed by atoms with E-state index in [1.807, 2.05) is 24.3 Å². The van der Waals surface area contributed by atoms with E-state index in [0.717, 1.165) is 42.0 Å². The van der Waals surface area contributed by atoms with Gasteiger partial charge in [0.15, 0.2) is 0 Å². The zero-order chi connectivity index (χ0) is 17.8. The zero-order valence-electron chi connectivity index (χ0n) is 14.8. The third kappa shape index (κ3) is 4.14. The predicted molar refractivity (Wildman–Crippen MR) is 104 cm³/mol. The second kappa shape index (κ2) is 7.89. The van der Waals surface area contributed by atoms with Crippen molar-refractivity contribution in [3.8, 4) is 5.75 Å². The molecule has 0 radical (unpaired) electrons. The van der Waals surface area contributed by atoms with Gasteiger partial charge in [-0.15, -0.1) is 0 Å². The van der Waals surface area contributed by atoms with Crippen LogP contribution >= 0.6 is 11.6 Å². The summed E-state index contributed by atoms with van der Waals surface area (Å²) in [7, 11) is 0. The lowest BCUT2D eigenvalue weighted by atomic mass is 10.1. The summed E-state index contributed by atoms with van der Waals surface area (Å²) in [6.07, 6.45) is 1.81. The van der Waals surface area contributed by atoms with Gasteiger partial charge in [0.25, 0.3) is 0 Å². The van der Waals surface area contributed by atoms with Crippen LogP contribution in [0.1, 0.15) is 23.4 Å². The number of fused-ring (bicyclic) bond motifs is 1. The van der Waals surface area contributed by atoms with Gasteiger partial charge in [-0.1, -0.05) is 11.6 Å². The van der Waals surface area contributed by atoms with E-state index in [4.69, 9.17) is 27.1 Å². The summed E-state index contributed by atoms with van der Waals surface area (Å²) >= 11 is 5.91. The number of imidazole rings is 1. The zero-order valence-corrected chi connectivity index (χ0v) is 15.5. The molecular formula is C20H24ClN3O. The van der Waals surface area contributed by atoms with Gasteiger partial charge in [0.1, 0.15) is 18.2 Å². The third-order valence-electron chi connectivity index (χ3n) is 4.44. The highest BCUT2D eigenvalue weighted by atomic mass is 35.5. The van der Waals surface area contributed by atoms with Gasteiger partial charge < -0.3 is 15.0 Å². The molecule has 3 rings (SSSR count). The maximum atomic E-state index is 5.91. The Morgan fingerprint density at radius 3 is 2.56 bits per heavy atom. The van der Waals surface area contributed by atoms with E-state index in [0.29, 0.717) is 18.2 Å². The Morgan fingerprint density at radius 1 is 1.12 bits per heavy atom. The van der Waals surface area contributed by atoms with Crippen LogP contribution in [0.3, 0.4) is 0 Å². The molecule has 0 bridgehead atoms. The van der Waals surface area contributed by atoms with Gasteiger partial charge in [0.05, 0.1) is 17.6 Å². The molecule has 0 aliphatic rings. The maximum Gasteiger partial charge on any atom is 0.119 e. The molecule has 0 aliphatic heterocycles. The van der Waals surface area contributed by atoms with Crippen molar-refractivity contribution >= 4 is 22.6 Å². The minimum Gasteiger partial charge on any atom is -0.492 e. The van der Waals surface area contributed by atoms with Crippen LogP contribution in [0.2, 0.25) is 5.02 Å². The van der Waals surface area contributed by atoms with E-state index in [1.54, 1.807) is 0 Å². The predicted octanol–water partition coefficient (Wildman–Crippen LogP) is 4.28. The molecule has 0 fully saturated rings. The second-order valence-electron chi connectivity index (χ2n) is 6.30. The van der Waals surface area contributed by atoms with Crippen molar-refractivity contribution in [1.82, 2.24) is 9.55 Å². The fourth-order valence-electron chi connectivity index (χ4n) is 2.92. The van der Waals surface area contributed by atoms with Crippen molar-refractivity contribution < 1.29 is 4.74 Å². The minimum atomic E-state index is 0.579. The van der Waals surface area contributed by atoms with E-state index < -0.39 is 0 Å². The molecule has 2 N–H and O–H groups in total. The quantitative estimate of drug-likeness (QED) is 0.686. The Kier molecular flexibility index (Phi) is 5.61. The summed E-state index contributed by atoms with van der Waals surface area (Å²) in [4.78, 5) is 4.82. The Labute approximate surface area is 153 Å². The number of nitrogens with two attached hydrogens (primary N) is 1. The van der Waals surface area contributed by atoms with Crippen LogP contribution in [-0.4, -0.2) is 22.7 Å². The summed E-state index contributed by atoms with van der Waals surface area (Å²) in [5, 5.41) is 0.711. The van der Waals surface area contributed by atoms with Crippen molar-refractivity contribution in [2.75, 3.05) is 13.2 Å². The molecule has 132 valence electrons. The van der Waals surface area contributed by atoms with E-state index in [-0.39, 0.29) is 0 Å². The van der Waals surface area contributed by atoms with Crippen LogP contribution in [0.5, 0.6) is 5.75 Å². The molecule has 0 atom stereocenters. The highest BCUT2D eigenvalue weighted by Crippen LogP contribution is 2.22. The van der Waals surface area contributed by atoms with Crippen LogP contribution in [-0.2, 0) is 13.0 Å². The van der Waals surface area contributed by atoms with E-state index in [2.05, 4.69) is 30.5 Å². The smallest absolute Gasteiger partial charge is 0.119 e. The number of rotatable bonds is 7. The van der Waals surface area contributed by atoms with Crippen LogP contribution in [0.15, 0.2) is 36.4 Å².